The Morgan fingerprint density at radius 1 is 1.07 bits per heavy atom. The first kappa shape index (κ1) is 18.4. The van der Waals surface area contributed by atoms with E-state index in [0.717, 1.165) is 41.1 Å². The number of benzene rings is 1. The molecule has 0 saturated heterocycles. The van der Waals surface area contributed by atoms with Gasteiger partial charge >= 0.3 is 0 Å². The van der Waals surface area contributed by atoms with Crippen LogP contribution in [-0.2, 0) is 18.8 Å². The van der Waals surface area contributed by atoms with Gasteiger partial charge in [0.2, 0.25) is 0 Å². The summed E-state index contributed by atoms with van der Waals surface area (Å²) in [6.45, 7) is 5.52. The van der Waals surface area contributed by atoms with Crippen LogP contribution in [0.15, 0.2) is 52.2 Å². The third-order valence-electron chi connectivity index (χ3n) is 4.37. The standard InChI is InChI=1S/C19H21N7OS/c1-3-10-26-17(20-23-24-26)13-28-19-22-21-18(16-9-11-27-14(16)2)25(19)12-15-7-5-4-6-8-15/h4-9,11H,3,10,12-13H2,1-2H3. The van der Waals surface area contributed by atoms with Crippen molar-refractivity contribution in [1.82, 2.24) is 35.0 Å². The number of hydrogen-bond acceptors (Lipinski definition) is 7. The van der Waals surface area contributed by atoms with Gasteiger partial charge in [-0.1, -0.05) is 49.0 Å². The molecule has 3 heterocycles. The molecule has 0 bridgehead atoms. The van der Waals surface area contributed by atoms with Gasteiger partial charge in [-0.3, -0.25) is 4.57 Å². The molecule has 0 aliphatic heterocycles. The van der Waals surface area contributed by atoms with Crippen molar-refractivity contribution in [2.24, 2.45) is 0 Å². The van der Waals surface area contributed by atoms with Crippen LogP contribution < -0.4 is 0 Å². The average Bonchev–Trinajstić information content (AvgIpc) is 3.42. The van der Waals surface area contributed by atoms with Crippen LogP contribution in [0.4, 0.5) is 0 Å². The molecule has 144 valence electrons. The highest BCUT2D eigenvalue weighted by Gasteiger charge is 2.18. The molecule has 0 fully saturated rings. The smallest absolute Gasteiger partial charge is 0.192 e. The lowest BCUT2D eigenvalue weighted by Gasteiger charge is -2.10. The maximum absolute atomic E-state index is 5.48. The number of tetrazole rings is 1. The maximum Gasteiger partial charge on any atom is 0.192 e. The normalized spacial score (nSPS) is 11.2. The number of rotatable bonds is 8. The molecule has 4 aromatic rings. The first-order valence-corrected chi connectivity index (χ1v) is 10.1. The van der Waals surface area contributed by atoms with Gasteiger partial charge in [0.05, 0.1) is 24.1 Å². The molecule has 8 nitrogen and oxygen atoms in total. The van der Waals surface area contributed by atoms with E-state index in [1.807, 2.05) is 35.9 Å². The zero-order valence-corrected chi connectivity index (χ0v) is 16.6. The second-order valence-electron chi connectivity index (χ2n) is 6.38. The Morgan fingerprint density at radius 2 is 1.93 bits per heavy atom. The molecule has 0 unspecified atom stereocenters. The molecule has 0 radical (unpaired) electrons. The molecule has 3 aromatic heterocycles. The zero-order valence-electron chi connectivity index (χ0n) is 15.8. The van der Waals surface area contributed by atoms with E-state index in [2.05, 4.69) is 49.3 Å². The third kappa shape index (κ3) is 3.84. The Labute approximate surface area is 167 Å². The van der Waals surface area contributed by atoms with Crippen molar-refractivity contribution in [2.75, 3.05) is 0 Å². The quantitative estimate of drug-likeness (QED) is 0.421. The largest absolute Gasteiger partial charge is 0.469 e. The molecule has 0 amide bonds. The van der Waals surface area contributed by atoms with E-state index in [1.165, 1.54) is 5.56 Å². The van der Waals surface area contributed by atoms with Crippen LogP contribution in [0.3, 0.4) is 0 Å². The van der Waals surface area contributed by atoms with Crippen LogP contribution in [-0.4, -0.2) is 35.0 Å². The minimum atomic E-state index is 0.629. The average molecular weight is 395 g/mol. The second-order valence-corrected chi connectivity index (χ2v) is 7.32. The van der Waals surface area contributed by atoms with E-state index in [0.29, 0.717) is 12.3 Å². The molecule has 0 spiro atoms. The van der Waals surface area contributed by atoms with E-state index in [9.17, 15) is 0 Å². The van der Waals surface area contributed by atoms with E-state index < -0.39 is 0 Å². The zero-order chi connectivity index (χ0) is 19.3. The minimum Gasteiger partial charge on any atom is -0.469 e. The summed E-state index contributed by atoms with van der Waals surface area (Å²) in [6.07, 6.45) is 2.66. The molecular formula is C19H21N7OS. The fourth-order valence-corrected chi connectivity index (χ4v) is 3.83. The van der Waals surface area contributed by atoms with Crippen molar-refractivity contribution in [3.05, 3.63) is 59.8 Å². The van der Waals surface area contributed by atoms with Crippen LogP contribution in [0, 0.1) is 6.92 Å². The van der Waals surface area contributed by atoms with Gasteiger partial charge in [-0.05, 0) is 35.4 Å². The summed E-state index contributed by atoms with van der Waals surface area (Å²) < 4.78 is 9.43. The molecule has 0 aliphatic rings. The molecule has 4 rings (SSSR count). The van der Waals surface area contributed by atoms with Crippen molar-refractivity contribution < 1.29 is 4.42 Å². The summed E-state index contributed by atoms with van der Waals surface area (Å²) in [4.78, 5) is 0. The lowest BCUT2D eigenvalue weighted by atomic mass is 10.2. The van der Waals surface area contributed by atoms with Gasteiger partial charge in [0.25, 0.3) is 0 Å². The van der Waals surface area contributed by atoms with Crippen molar-refractivity contribution in [2.45, 2.75) is 44.3 Å². The topological polar surface area (TPSA) is 87.4 Å². The van der Waals surface area contributed by atoms with Gasteiger partial charge in [-0.25, -0.2) is 4.68 Å². The fraction of sp³-hybridized carbons (Fsp3) is 0.316. The van der Waals surface area contributed by atoms with Crippen LogP contribution in [0.25, 0.3) is 11.4 Å². The summed E-state index contributed by atoms with van der Waals surface area (Å²) in [5.74, 6) is 3.09. The van der Waals surface area contributed by atoms with Gasteiger partial charge in [0.1, 0.15) is 5.76 Å². The molecule has 1 aromatic carbocycles. The molecule has 28 heavy (non-hydrogen) atoms. The number of nitrogens with zero attached hydrogens (tertiary/aromatic N) is 7. The fourth-order valence-electron chi connectivity index (χ4n) is 2.96. The summed E-state index contributed by atoms with van der Waals surface area (Å²) >= 11 is 1.58. The van der Waals surface area contributed by atoms with Crippen molar-refractivity contribution in [1.29, 1.82) is 0 Å². The Morgan fingerprint density at radius 3 is 2.68 bits per heavy atom. The minimum absolute atomic E-state index is 0.629. The SMILES string of the molecule is CCCn1nnnc1CSc1nnc(-c2ccoc2C)n1Cc1ccccc1. The summed E-state index contributed by atoms with van der Waals surface area (Å²) in [6, 6.07) is 12.2. The van der Waals surface area contributed by atoms with Gasteiger partial charge in [-0.15, -0.1) is 15.3 Å². The molecule has 0 saturated carbocycles. The lowest BCUT2D eigenvalue weighted by Crippen LogP contribution is -2.06. The highest BCUT2D eigenvalue weighted by Crippen LogP contribution is 2.29. The van der Waals surface area contributed by atoms with Crippen LogP contribution >= 0.6 is 11.8 Å². The number of aromatic nitrogens is 7. The van der Waals surface area contributed by atoms with Gasteiger partial charge < -0.3 is 4.42 Å². The monoisotopic (exact) mass is 395 g/mol. The summed E-state index contributed by atoms with van der Waals surface area (Å²) in [5.41, 5.74) is 2.13. The number of thioether (sulfide) groups is 1. The van der Waals surface area contributed by atoms with Crippen LogP contribution in [0.2, 0.25) is 0 Å². The predicted octanol–water partition coefficient (Wildman–Crippen LogP) is 3.58. The lowest BCUT2D eigenvalue weighted by molar-refractivity contribution is 0.534. The molecule has 9 heteroatoms. The van der Waals surface area contributed by atoms with Gasteiger partial charge in [0.15, 0.2) is 16.8 Å². The Kier molecular flexibility index (Phi) is 5.52. The van der Waals surface area contributed by atoms with Crippen molar-refractivity contribution in [3.8, 4) is 11.4 Å². The summed E-state index contributed by atoms with van der Waals surface area (Å²) in [7, 11) is 0. The van der Waals surface area contributed by atoms with Gasteiger partial charge in [-0.2, -0.15) is 0 Å². The van der Waals surface area contributed by atoms with Crippen LogP contribution in [0.5, 0.6) is 0 Å². The molecular weight excluding hydrogens is 374 g/mol. The Hall–Kier alpha value is -2.94. The number of furan rings is 1. The molecule has 0 atom stereocenters. The predicted molar refractivity (Wildman–Crippen MR) is 106 cm³/mol. The Balaban J connectivity index is 1.64. The number of aryl methyl sites for hydroxylation is 2. The highest BCUT2D eigenvalue weighted by atomic mass is 32.2. The maximum atomic E-state index is 5.48. The van der Waals surface area contributed by atoms with Crippen molar-refractivity contribution >= 4 is 11.8 Å². The van der Waals surface area contributed by atoms with E-state index in [4.69, 9.17) is 4.42 Å². The second kappa shape index (κ2) is 8.39. The molecule has 0 aliphatic carbocycles. The first-order valence-electron chi connectivity index (χ1n) is 9.15. The van der Waals surface area contributed by atoms with E-state index in [-0.39, 0.29) is 0 Å². The summed E-state index contributed by atoms with van der Waals surface area (Å²) in [5, 5.41) is 21.7. The van der Waals surface area contributed by atoms with E-state index in [1.54, 1.807) is 18.0 Å². The highest BCUT2D eigenvalue weighted by molar-refractivity contribution is 7.98. The third-order valence-corrected chi connectivity index (χ3v) is 5.33. The first-order chi connectivity index (χ1) is 13.8. The Bertz CT molecular complexity index is 1040. The number of hydrogen-bond donors (Lipinski definition) is 0. The molecule has 0 N–H and O–H groups in total. The van der Waals surface area contributed by atoms with Crippen LogP contribution in [0.1, 0.15) is 30.5 Å². The van der Waals surface area contributed by atoms with E-state index >= 15 is 0 Å². The van der Waals surface area contributed by atoms with Gasteiger partial charge in [0, 0.05) is 6.54 Å². The van der Waals surface area contributed by atoms with Crippen molar-refractivity contribution in [3.63, 3.8) is 0 Å².